The van der Waals surface area contributed by atoms with Crippen LogP contribution in [-0.2, 0) is 6.54 Å². The van der Waals surface area contributed by atoms with Gasteiger partial charge in [0.15, 0.2) is 0 Å². The fourth-order valence-corrected chi connectivity index (χ4v) is 1.74. The maximum absolute atomic E-state index is 5.56. The van der Waals surface area contributed by atoms with Crippen molar-refractivity contribution >= 4 is 0 Å². The topological polar surface area (TPSA) is 64.3 Å². The molecule has 1 aliphatic heterocycles. The SMILES string of the molecule is COc1ncc(CN2CC(CN)C2)cn1. The highest BCUT2D eigenvalue weighted by Crippen LogP contribution is 2.16. The molecule has 0 atom stereocenters. The van der Waals surface area contributed by atoms with Crippen molar-refractivity contribution in [3.8, 4) is 6.01 Å². The van der Waals surface area contributed by atoms with Gasteiger partial charge in [-0.15, -0.1) is 0 Å². The summed E-state index contributed by atoms with van der Waals surface area (Å²) in [5.74, 6) is 0.671. The van der Waals surface area contributed by atoms with Crippen LogP contribution in [-0.4, -0.2) is 41.6 Å². The number of nitrogens with two attached hydrogens (primary N) is 1. The van der Waals surface area contributed by atoms with Gasteiger partial charge in [-0.1, -0.05) is 0 Å². The number of ether oxygens (including phenoxy) is 1. The van der Waals surface area contributed by atoms with Crippen LogP contribution in [0.5, 0.6) is 6.01 Å². The number of hydrogen-bond donors (Lipinski definition) is 1. The van der Waals surface area contributed by atoms with Crippen molar-refractivity contribution in [1.82, 2.24) is 14.9 Å². The minimum atomic E-state index is 0.419. The quantitative estimate of drug-likeness (QED) is 0.747. The highest BCUT2D eigenvalue weighted by atomic mass is 16.5. The monoisotopic (exact) mass is 208 g/mol. The number of methoxy groups -OCH3 is 1. The van der Waals surface area contributed by atoms with Crippen LogP contribution >= 0.6 is 0 Å². The summed E-state index contributed by atoms with van der Waals surface area (Å²) in [5, 5.41) is 0. The van der Waals surface area contributed by atoms with Crippen LogP contribution in [0.4, 0.5) is 0 Å². The third-order valence-electron chi connectivity index (χ3n) is 2.64. The summed E-state index contributed by atoms with van der Waals surface area (Å²) >= 11 is 0. The molecule has 0 aromatic carbocycles. The molecule has 0 unspecified atom stereocenters. The lowest BCUT2D eigenvalue weighted by atomic mass is 10.0. The predicted octanol–water partition coefficient (Wildman–Crippen LogP) is -0.124. The lowest BCUT2D eigenvalue weighted by Gasteiger charge is -2.38. The van der Waals surface area contributed by atoms with E-state index in [0.29, 0.717) is 11.9 Å². The number of rotatable bonds is 4. The van der Waals surface area contributed by atoms with E-state index in [1.807, 2.05) is 12.4 Å². The van der Waals surface area contributed by atoms with E-state index in [-0.39, 0.29) is 0 Å². The molecule has 2 heterocycles. The van der Waals surface area contributed by atoms with Crippen LogP contribution in [0.1, 0.15) is 5.56 Å². The molecule has 15 heavy (non-hydrogen) atoms. The number of hydrogen-bond acceptors (Lipinski definition) is 5. The molecule has 5 heteroatoms. The Morgan fingerprint density at radius 1 is 1.47 bits per heavy atom. The maximum atomic E-state index is 5.56. The third-order valence-corrected chi connectivity index (χ3v) is 2.64. The van der Waals surface area contributed by atoms with Gasteiger partial charge in [0, 0.05) is 37.6 Å². The van der Waals surface area contributed by atoms with Crippen molar-refractivity contribution in [3.63, 3.8) is 0 Å². The van der Waals surface area contributed by atoms with Gasteiger partial charge in [-0.25, -0.2) is 9.97 Å². The molecule has 1 saturated heterocycles. The lowest BCUT2D eigenvalue weighted by molar-refractivity contribution is 0.0976. The van der Waals surface area contributed by atoms with E-state index in [1.54, 1.807) is 7.11 Å². The van der Waals surface area contributed by atoms with Crippen LogP contribution in [0.15, 0.2) is 12.4 Å². The second-order valence-corrected chi connectivity index (χ2v) is 3.87. The zero-order valence-electron chi connectivity index (χ0n) is 8.89. The molecule has 1 aromatic heterocycles. The summed E-state index contributed by atoms with van der Waals surface area (Å²) in [7, 11) is 1.57. The first kappa shape index (κ1) is 10.3. The van der Waals surface area contributed by atoms with Crippen molar-refractivity contribution in [3.05, 3.63) is 18.0 Å². The van der Waals surface area contributed by atoms with Gasteiger partial charge in [-0.05, 0) is 12.5 Å². The Hall–Kier alpha value is -1.20. The summed E-state index contributed by atoms with van der Waals surface area (Å²) < 4.78 is 4.90. The molecule has 0 saturated carbocycles. The summed E-state index contributed by atoms with van der Waals surface area (Å²) in [4.78, 5) is 10.5. The Labute approximate surface area is 89.3 Å². The Balaban J connectivity index is 1.84. The molecule has 0 amide bonds. The second kappa shape index (κ2) is 4.55. The summed E-state index contributed by atoms with van der Waals surface area (Å²) in [6.07, 6.45) is 3.61. The first-order valence-electron chi connectivity index (χ1n) is 5.09. The van der Waals surface area contributed by atoms with Gasteiger partial charge >= 0.3 is 6.01 Å². The Morgan fingerprint density at radius 2 is 2.13 bits per heavy atom. The second-order valence-electron chi connectivity index (χ2n) is 3.87. The van der Waals surface area contributed by atoms with Crippen molar-refractivity contribution in [2.45, 2.75) is 6.54 Å². The van der Waals surface area contributed by atoms with Gasteiger partial charge in [0.05, 0.1) is 7.11 Å². The van der Waals surface area contributed by atoms with Crippen LogP contribution in [0.2, 0.25) is 0 Å². The molecule has 1 aromatic rings. The van der Waals surface area contributed by atoms with Gasteiger partial charge in [0.2, 0.25) is 0 Å². The molecular formula is C10H16N4O. The van der Waals surface area contributed by atoms with E-state index < -0.39 is 0 Å². The molecule has 0 radical (unpaired) electrons. The fraction of sp³-hybridized carbons (Fsp3) is 0.600. The molecule has 1 fully saturated rings. The van der Waals surface area contributed by atoms with E-state index in [2.05, 4.69) is 14.9 Å². The van der Waals surface area contributed by atoms with E-state index >= 15 is 0 Å². The summed E-state index contributed by atoms with van der Waals surface area (Å²) in [5.41, 5.74) is 6.68. The molecule has 82 valence electrons. The first-order valence-corrected chi connectivity index (χ1v) is 5.09. The molecule has 2 rings (SSSR count). The maximum Gasteiger partial charge on any atom is 0.316 e. The lowest BCUT2D eigenvalue weighted by Crippen LogP contribution is -2.49. The van der Waals surface area contributed by atoms with Crippen molar-refractivity contribution in [2.24, 2.45) is 11.7 Å². The zero-order chi connectivity index (χ0) is 10.7. The van der Waals surface area contributed by atoms with Gasteiger partial charge < -0.3 is 10.5 Å². The molecule has 2 N–H and O–H groups in total. The number of nitrogens with zero attached hydrogens (tertiary/aromatic N) is 3. The van der Waals surface area contributed by atoms with Gasteiger partial charge in [0.25, 0.3) is 0 Å². The Kier molecular flexibility index (Phi) is 3.13. The van der Waals surface area contributed by atoms with Crippen LogP contribution in [0.3, 0.4) is 0 Å². The third kappa shape index (κ3) is 2.43. The van der Waals surface area contributed by atoms with Crippen LogP contribution in [0, 0.1) is 5.92 Å². The van der Waals surface area contributed by atoms with E-state index in [4.69, 9.17) is 10.5 Å². The fourth-order valence-electron chi connectivity index (χ4n) is 1.74. The smallest absolute Gasteiger partial charge is 0.316 e. The van der Waals surface area contributed by atoms with Crippen LogP contribution in [0.25, 0.3) is 0 Å². The van der Waals surface area contributed by atoms with Gasteiger partial charge in [-0.3, -0.25) is 4.90 Å². The zero-order valence-corrected chi connectivity index (χ0v) is 8.89. The molecule has 5 nitrogen and oxygen atoms in total. The minimum Gasteiger partial charge on any atom is -0.467 e. The van der Waals surface area contributed by atoms with E-state index in [1.165, 1.54) is 0 Å². The standard InChI is InChI=1S/C10H16N4O/c1-15-10-12-3-9(4-13-10)7-14-5-8(2-11)6-14/h3-4,8H,2,5-7,11H2,1H3. The minimum absolute atomic E-state index is 0.419. The summed E-state index contributed by atoms with van der Waals surface area (Å²) in [6, 6.07) is 0.419. The largest absolute Gasteiger partial charge is 0.467 e. The highest BCUT2D eigenvalue weighted by Gasteiger charge is 2.24. The molecule has 0 bridgehead atoms. The van der Waals surface area contributed by atoms with E-state index in [9.17, 15) is 0 Å². The molecule has 0 aliphatic carbocycles. The Morgan fingerprint density at radius 3 is 2.67 bits per heavy atom. The van der Waals surface area contributed by atoms with Crippen LogP contribution < -0.4 is 10.5 Å². The molecular weight excluding hydrogens is 192 g/mol. The predicted molar refractivity (Wildman–Crippen MR) is 56.4 cm³/mol. The average molecular weight is 208 g/mol. The first-order chi connectivity index (χ1) is 7.31. The van der Waals surface area contributed by atoms with Gasteiger partial charge in [0.1, 0.15) is 0 Å². The molecule has 1 aliphatic rings. The average Bonchev–Trinajstić information content (AvgIpc) is 2.23. The number of likely N-dealkylation sites (tertiary alicyclic amines) is 1. The van der Waals surface area contributed by atoms with Crippen molar-refractivity contribution in [2.75, 3.05) is 26.7 Å². The number of aromatic nitrogens is 2. The van der Waals surface area contributed by atoms with Gasteiger partial charge in [-0.2, -0.15) is 0 Å². The summed E-state index contributed by atoms with van der Waals surface area (Å²) in [6.45, 7) is 3.86. The molecule has 0 spiro atoms. The van der Waals surface area contributed by atoms with E-state index in [0.717, 1.165) is 31.7 Å². The highest BCUT2D eigenvalue weighted by molar-refractivity contribution is 5.08. The normalized spacial score (nSPS) is 17.5. The van der Waals surface area contributed by atoms with Crippen molar-refractivity contribution in [1.29, 1.82) is 0 Å². The van der Waals surface area contributed by atoms with Crippen molar-refractivity contribution < 1.29 is 4.74 Å². The Bertz CT molecular complexity index is 308.